The van der Waals surface area contributed by atoms with Crippen LogP contribution in [0, 0.1) is 11.3 Å². The van der Waals surface area contributed by atoms with E-state index in [4.69, 9.17) is 16.9 Å². The molecule has 0 fully saturated rings. The van der Waals surface area contributed by atoms with Gasteiger partial charge in [0.15, 0.2) is 0 Å². The van der Waals surface area contributed by atoms with Gasteiger partial charge in [-0.05, 0) is 34.1 Å². The van der Waals surface area contributed by atoms with E-state index in [0.717, 1.165) is 22.1 Å². The van der Waals surface area contributed by atoms with E-state index in [2.05, 4.69) is 26.6 Å². The first-order chi connectivity index (χ1) is 7.26. The van der Waals surface area contributed by atoms with Crippen molar-refractivity contribution in [3.05, 3.63) is 34.4 Å². The van der Waals surface area contributed by atoms with Crippen molar-refractivity contribution in [3.8, 4) is 6.07 Å². The van der Waals surface area contributed by atoms with Gasteiger partial charge < -0.3 is 4.57 Å². The summed E-state index contributed by atoms with van der Waals surface area (Å²) in [6.45, 7) is 0.737. The lowest BCUT2D eigenvalue weighted by Crippen LogP contribution is -1.98. The Hall–Kier alpha value is -0.980. The van der Waals surface area contributed by atoms with Gasteiger partial charge in [-0.25, -0.2) is 0 Å². The van der Waals surface area contributed by atoms with Crippen molar-refractivity contribution in [2.75, 3.05) is 5.88 Å². The Balaban J connectivity index is 2.67. The predicted octanol–water partition coefficient (Wildman–Crippen LogP) is 3.51. The molecule has 0 aliphatic heterocycles. The van der Waals surface area contributed by atoms with E-state index >= 15 is 0 Å². The highest BCUT2D eigenvalue weighted by Crippen LogP contribution is 2.25. The van der Waals surface area contributed by atoms with Gasteiger partial charge in [-0.2, -0.15) is 5.26 Å². The molecule has 2 aromatic rings. The van der Waals surface area contributed by atoms with Crippen LogP contribution in [0.3, 0.4) is 0 Å². The molecule has 4 heteroatoms. The summed E-state index contributed by atoms with van der Waals surface area (Å²) in [7, 11) is 0. The zero-order valence-corrected chi connectivity index (χ0v) is 10.2. The number of benzene rings is 1. The molecular weight excluding hydrogens is 275 g/mol. The number of fused-ring (bicyclic) bond motifs is 1. The smallest absolute Gasteiger partial charge is 0.0992 e. The van der Waals surface area contributed by atoms with Crippen molar-refractivity contribution >= 4 is 38.4 Å². The van der Waals surface area contributed by atoms with Crippen LogP contribution in [0.4, 0.5) is 0 Å². The lowest BCUT2D eigenvalue weighted by Gasteiger charge is -2.03. The van der Waals surface area contributed by atoms with E-state index in [1.165, 1.54) is 0 Å². The number of aromatic nitrogens is 1. The summed E-state index contributed by atoms with van der Waals surface area (Å²) in [5.74, 6) is 0.555. The molecule has 0 aliphatic rings. The van der Waals surface area contributed by atoms with E-state index in [0.29, 0.717) is 11.4 Å². The van der Waals surface area contributed by atoms with Gasteiger partial charge in [0.1, 0.15) is 0 Å². The summed E-state index contributed by atoms with van der Waals surface area (Å²) >= 11 is 9.21. The molecule has 0 unspecified atom stereocenters. The Morgan fingerprint density at radius 3 is 2.87 bits per heavy atom. The molecule has 2 rings (SSSR count). The lowest BCUT2D eigenvalue weighted by molar-refractivity contribution is 0.785. The molecule has 76 valence electrons. The van der Waals surface area contributed by atoms with Crippen LogP contribution in [0.1, 0.15) is 5.56 Å². The number of nitrogens with zero attached hydrogens (tertiary/aromatic N) is 2. The molecule has 0 radical (unpaired) electrons. The minimum Gasteiger partial charge on any atom is -0.334 e. The van der Waals surface area contributed by atoms with Crippen LogP contribution >= 0.6 is 27.5 Å². The lowest BCUT2D eigenvalue weighted by atomic mass is 10.2. The standard InChI is InChI=1S/C11H8BrClN2/c12-11-6-9-2-1-8(7-14)5-10(9)15(11)4-3-13/h1-2,5-6H,3-4H2. The fourth-order valence-electron chi connectivity index (χ4n) is 1.60. The number of hydrogen-bond donors (Lipinski definition) is 0. The molecule has 0 aliphatic carbocycles. The van der Waals surface area contributed by atoms with Crippen molar-refractivity contribution in [1.82, 2.24) is 4.57 Å². The number of hydrogen-bond acceptors (Lipinski definition) is 1. The summed E-state index contributed by atoms with van der Waals surface area (Å²) in [5, 5.41) is 9.94. The van der Waals surface area contributed by atoms with Gasteiger partial charge in [0.05, 0.1) is 21.8 Å². The molecule has 1 aromatic heterocycles. The molecule has 2 nitrogen and oxygen atoms in total. The maximum Gasteiger partial charge on any atom is 0.0992 e. The summed E-state index contributed by atoms with van der Waals surface area (Å²) < 4.78 is 3.05. The molecule has 0 spiro atoms. The molecule has 15 heavy (non-hydrogen) atoms. The van der Waals surface area contributed by atoms with Gasteiger partial charge in [0.2, 0.25) is 0 Å². The molecule has 0 bridgehead atoms. The molecule has 0 amide bonds. The van der Waals surface area contributed by atoms with Gasteiger partial charge in [-0.1, -0.05) is 6.07 Å². The van der Waals surface area contributed by atoms with Gasteiger partial charge in [-0.3, -0.25) is 0 Å². The summed E-state index contributed by atoms with van der Waals surface area (Å²) in [5.41, 5.74) is 1.71. The van der Waals surface area contributed by atoms with E-state index in [1.807, 2.05) is 24.3 Å². The average Bonchev–Trinajstić information content (AvgIpc) is 2.55. The zero-order chi connectivity index (χ0) is 10.8. The number of nitriles is 1. The van der Waals surface area contributed by atoms with Gasteiger partial charge in [0, 0.05) is 17.8 Å². The van der Waals surface area contributed by atoms with Crippen molar-refractivity contribution in [2.45, 2.75) is 6.54 Å². The Bertz CT molecular complexity index is 539. The third-order valence-electron chi connectivity index (χ3n) is 2.29. The molecule has 0 saturated heterocycles. The highest BCUT2D eigenvalue weighted by atomic mass is 79.9. The van der Waals surface area contributed by atoms with Crippen LogP contribution in [-0.4, -0.2) is 10.4 Å². The second-order valence-electron chi connectivity index (χ2n) is 3.19. The maximum absolute atomic E-state index is 8.83. The Labute approximate surface area is 101 Å². The van der Waals surface area contributed by atoms with E-state index in [9.17, 15) is 0 Å². The van der Waals surface area contributed by atoms with Crippen LogP contribution in [0.2, 0.25) is 0 Å². The van der Waals surface area contributed by atoms with Crippen LogP contribution in [0.25, 0.3) is 10.9 Å². The monoisotopic (exact) mass is 282 g/mol. The van der Waals surface area contributed by atoms with Crippen LogP contribution in [0.5, 0.6) is 0 Å². The number of halogens is 2. The Kier molecular flexibility index (Phi) is 2.99. The fraction of sp³-hybridized carbons (Fsp3) is 0.182. The molecule has 1 heterocycles. The van der Waals surface area contributed by atoms with Crippen LogP contribution < -0.4 is 0 Å². The molecule has 0 saturated carbocycles. The first-order valence-corrected chi connectivity index (χ1v) is 5.84. The third kappa shape index (κ3) is 1.88. The Morgan fingerprint density at radius 2 is 2.20 bits per heavy atom. The maximum atomic E-state index is 8.83. The molecule has 0 atom stereocenters. The van der Waals surface area contributed by atoms with Crippen LogP contribution in [-0.2, 0) is 6.54 Å². The zero-order valence-electron chi connectivity index (χ0n) is 7.87. The van der Waals surface area contributed by atoms with Gasteiger partial charge in [-0.15, -0.1) is 11.6 Å². The quantitative estimate of drug-likeness (QED) is 0.775. The summed E-state index contributed by atoms with van der Waals surface area (Å²) in [6.07, 6.45) is 0. The number of rotatable bonds is 2. The normalized spacial score (nSPS) is 10.5. The van der Waals surface area contributed by atoms with Crippen molar-refractivity contribution < 1.29 is 0 Å². The molecule has 1 aromatic carbocycles. The first-order valence-electron chi connectivity index (χ1n) is 4.51. The highest BCUT2D eigenvalue weighted by molar-refractivity contribution is 9.10. The average molecular weight is 284 g/mol. The Morgan fingerprint density at radius 1 is 1.40 bits per heavy atom. The molecule has 0 N–H and O–H groups in total. The van der Waals surface area contributed by atoms with E-state index in [-0.39, 0.29) is 0 Å². The summed E-state index contributed by atoms with van der Waals surface area (Å²) in [6, 6.07) is 9.82. The van der Waals surface area contributed by atoms with Crippen molar-refractivity contribution in [1.29, 1.82) is 5.26 Å². The largest absolute Gasteiger partial charge is 0.334 e. The van der Waals surface area contributed by atoms with E-state index < -0.39 is 0 Å². The minimum atomic E-state index is 0.555. The van der Waals surface area contributed by atoms with Crippen LogP contribution in [0.15, 0.2) is 28.9 Å². The van der Waals surface area contributed by atoms with Gasteiger partial charge >= 0.3 is 0 Å². The first kappa shape index (κ1) is 10.5. The topological polar surface area (TPSA) is 28.7 Å². The number of alkyl halides is 1. The second kappa shape index (κ2) is 4.26. The van der Waals surface area contributed by atoms with Crippen molar-refractivity contribution in [2.24, 2.45) is 0 Å². The third-order valence-corrected chi connectivity index (χ3v) is 3.12. The summed E-state index contributed by atoms with van der Waals surface area (Å²) in [4.78, 5) is 0. The van der Waals surface area contributed by atoms with Crippen molar-refractivity contribution in [3.63, 3.8) is 0 Å². The highest BCUT2D eigenvalue weighted by Gasteiger charge is 2.06. The SMILES string of the molecule is N#Cc1ccc2cc(Br)n(CCCl)c2c1. The molecular formula is C11H8BrClN2. The van der Waals surface area contributed by atoms with Gasteiger partial charge in [0.25, 0.3) is 0 Å². The fourth-order valence-corrected chi connectivity index (χ4v) is 2.39. The minimum absolute atomic E-state index is 0.555. The second-order valence-corrected chi connectivity index (χ2v) is 4.38. The van der Waals surface area contributed by atoms with E-state index in [1.54, 1.807) is 0 Å². The number of aryl methyl sites for hydroxylation is 1. The predicted molar refractivity (Wildman–Crippen MR) is 65.1 cm³/mol.